The van der Waals surface area contributed by atoms with Gasteiger partial charge in [-0.2, -0.15) is 0 Å². The van der Waals surface area contributed by atoms with E-state index in [9.17, 15) is 14.4 Å². The fourth-order valence-electron chi connectivity index (χ4n) is 3.57. The number of rotatable bonds is 13. The Labute approximate surface area is 169 Å². The van der Waals surface area contributed by atoms with Gasteiger partial charge in [0.15, 0.2) is 0 Å². The first-order valence-corrected chi connectivity index (χ1v) is 10.6. The summed E-state index contributed by atoms with van der Waals surface area (Å²) in [4.78, 5) is 34.7. The molecule has 0 aromatic rings. The maximum absolute atomic E-state index is 12.3. The number of unbranched alkanes of at least 4 members (excludes halogenated alkanes) is 3. The normalized spacial score (nSPS) is 20.8. The summed E-state index contributed by atoms with van der Waals surface area (Å²) in [6, 6.07) is 0. The van der Waals surface area contributed by atoms with E-state index in [0.717, 1.165) is 51.4 Å². The molecule has 1 saturated carbocycles. The molecule has 1 rings (SSSR count). The number of ether oxygens (including phenoxy) is 2. The van der Waals surface area contributed by atoms with E-state index in [1.165, 1.54) is 14.0 Å². The van der Waals surface area contributed by atoms with Crippen molar-refractivity contribution in [1.82, 2.24) is 0 Å². The van der Waals surface area contributed by atoms with Crippen molar-refractivity contribution in [3.05, 3.63) is 24.3 Å². The lowest BCUT2D eigenvalue weighted by atomic mass is 9.91. The molecule has 1 aliphatic rings. The smallest absolute Gasteiger partial charge is 0.305 e. The first-order chi connectivity index (χ1) is 13.5. The minimum Gasteiger partial charge on any atom is -0.469 e. The van der Waals surface area contributed by atoms with Crippen molar-refractivity contribution in [1.29, 1.82) is 0 Å². The quantitative estimate of drug-likeness (QED) is 0.252. The number of ketones is 1. The Kier molecular flexibility index (Phi) is 12.2. The Hall–Kier alpha value is -1.91. The number of hydrogen-bond acceptors (Lipinski definition) is 5. The molecule has 0 bridgehead atoms. The highest BCUT2D eigenvalue weighted by atomic mass is 16.5. The maximum atomic E-state index is 12.3. The molecule has 0 aliphatic heterocycles. The molecular weight excluding hydrogens is 356 g/mol. The van der Waals surface area contributed by atoms with E-state index < -0.39 is 0 Å². The second kappa shape index (κ2) is 14.1. The fraction of sp³-hybridized carbons (Fsp3) is 0.696. The number of carbonyl (C=O) groups is 3. The zero-order valence-corrected chi connectivity index (χ0v) is 17.7. The van der Waals surface area contributed by atoms with Crippen LogP contribution in [-0.2, 0) is 23.9 Å². The lowest BCUT2D eigenvalue weighted by molar-refractivity contribution is -0.144. The summed E-state index contributed by atoms with van der Waals surface area (Å²) in [5.41, 5.74) is 0. The maximum Gasteiger partial charge on any atom is 0.305 e. The Morgan fingerprint density at radius 1 is 1.21 bits per heavy atom. The fourth-order valence-corrected chi connectivity index (χ4v) is 3.57. The van der Waals surface area contributed by atoms with Gasteiger partial charge < -0.3 is 9.47 Å². The summed E-state index contributed by atoms with van der Waals surface area (Å²) < 4.78 is 10.0. The van der Waals surface area contributed by atoms with Crippen LogP contribution in [0.4, 0.5) is 0 Å². The summed E-state index contributed by atoms with van der Waals surface area (Å²) >= 11 is 0. The lowest BCUT2D eigenvalue weighted by Crippen LogP contribution is -2.16. The summed E-state index contributed by atoms with van der Waals surface area (Å²) in [5, 5.41) is 0. The third-order valence-electron chi connectivity index (χ3n) is 5.17. The van der Waals surface area contributed by atoms with Crippen LogP contribution in [-0.4, -0.2) is 30.9 Å². The summed E-state index contributed by atoms with van der Waals surface area (Å²) in [5.74, 6) is 0.0630. The van der Waals surface area contributed by atoms with Crippen LogP contribution in [0, 0.1) is 11.8 Å². The average molecular weight is 393 g/mol. The highest BCUT2D eigenvalue weighted by molar-refractivity contribution is 5.83. The van der Waals surface area contributed by atoms with E-state index in [4.69, 9.17) is 4.74 Å². The van der Waals surface area contributed by atoms with Gasteiger partial charge in [0, 0.05) is 25.7 Å². The second-order valence-electron chi connectivity index (χ2n) is 7.48. The third-order valence-corrected chi connectivity index (χ3v) is 5.17. The van der Waals surface area contributed by atoms with Crippen molar-refractivity contribution < 1.29 is 23.9 Å². The van der Waals surface area contributed by atoms with Gasteiger partial charge in [-0.05, 0) is 50.5 Å². The lowest BCUT2D eigenvalue weighted by Gasteiger charge is -2.16. The van der Waals surface area contributed by atoms with Gasteiger partial charge in [-0.25, -0.2) is 0 Å². The minimum absolute atomic E-state index is 0.00160. The predicted molar refractivity (Wildman–Crippen MR) is 110 cm³/mol. The molecule has 1 unspecified atom stereocenters. The van der Waals surface area contributed by atoms with Crippen LogP contribution < -0.4 is 0 Å². The molecule has 1 fully saturated rings. The van der Waals surface area contributed by atoms with E-state index >= 15 is 0 Å². The van der Waals surface area contributed by atoms with Gasteiger partial charge in [0.25, 0.3) is 0 Å². The zero-order valence-electron chi connectivity index (χ0n) is 17.7. The third kappa shape index (κ3) is 9.86. The summed E-state index contributed by atoms with van der Waals surface area (Å²) in [6.07, 6.45) is 16.2. The van der Waals surface area contributed by atoms with E-state index in [1.807, 2.05) is 12.2 Å². The monoisotopic (exact) mass is 392 g/mol. The van der Waals surface area contributed by atoms with Gasteiger partial charge >= 0.3 is 11.9 Å². The molecule has 5 nitrogen and oxygen atoms in total. The highest BCUT2D eigenvalue weighted by Gasteiger charge is 2.32. The molecule has 3 atom stereocenters. The van der Waals surface area contributed by atoms with Crippen LogP contribution in [0.3, 0.4) is 0 Å². The molecule has 0 spiro atoms. The summed E-state index contributed by atoms with van der Waals surface area (Å²) in [7, 11) is 1.40. The molecule has 0 aromatic heterocycles. The molecule has 28 heavy (non-hydrogen) atoms. The van der Waals surface area contributed by atoms with E-state index in [1.54, 1.807) is 0 Å². The number of hydrogen-bond donors (Lipinski definition) is 0. The van der Waals surface area contributed by atoms with Crippen molar-refractivity contribution in [3.63, 3.8) is 0 Å². The first-order valence-electron chi connectivity index (χ1n) is 10.6. The number of allylic oxidation sites excluding steroid dienone is 3. The first kappa shape index (κ1) is 24.1. The molecular formula is C23H36O5. The number of esters is 2. The molecule has 5 heteroatoms. The molecule has 1 aliphatic carbocycles. The average Bonchev–Trinajstić information content (AvgIpc) is 3.01. The topological polar surface area (TPSA) is 69.7 Å². The molecule has 0 aromatic carbocycles. The predicted octanol–water partition coefficient (Wildman–Crippen LogP) is 4.94. The van der Waals surface area contributed by atoms with Crippen LogP contribution in [0.5, 0.6) is 0 Å². The largest absolute Gasteiger partial charge is 0.469 e. The van der Waals surface area contributed by atoms with Crippen LogP contribution in [0.25, 0.3) is 0 Å². The van der Waals surface area contributed by atoms with Crippen molar-refractivity contribution in [2.24, 2.45) is 11.8 Å². The Morgan fingerprint density at radius 3 is 2.68 bits per heavy atom. The van der Waals surface area contributed by atoms with Crippen molar-refractivity contribution >= 4 is 17.7 Å². The zero-order chi connectivity index (χ0) is 20.8. The molecule has 158 valence electrons. The van der Waals surface area contributed by atoms with E-state index in [-0.39, 0.29) is 29.9 Å². The number of methoxy groups -OCH3 is 1. The Balaban J connectivity index is 2.52. The minimum atomic E-state index is -0.264. The molecule has 0 heterocycles. The molecule has 0 saturated heterocycles. The van der Waals surface area contributed by atoms with Crippen molar-refractivity contribution in [2.45, 2.75) is 84.2 Å². The Morgan fingerprint density at radius 2 is 2.00 bits per heavy atom. The number of carbonyl (C=O) groups excluding carboxylic acids is 3. The van der Waals surface area contributed by atoms with Crippen LogP contribution in [0.15, 0.2) is 24.3 Å². The SMILES string of the molecule is CCCCCC(C=C[C@H]1CCC(=O)[C@@H]1CC=CCCCC(=O)OC)OC(C)=O. The van der Waals surface area contributed by atoms with Gasteiger partial charge in [-0.3, -0.25) is 14.4 Å². The van der Waals surface area contributed by atoms with Crippen molar-refractivity contribution in [3.8, 4) is 0 Å². The van der Waals surface area contributed by atoms with Crippen LogP contribution in [0.2, 0.25) is 0 Å². The van der Waals surface area contributed by atoms with E-state index in [2.05, 4.69) is 23.8 Å². The van der Waals surface area contributed by atoms with Gasteiger partial charge in [0.1, 0.15) is 11.9 Å². The Bertz CT molecular complexity index is 549. The van der Waals surface area contributed by atoms with Crippen LogP contribution >= 0.6 is 0 Å². The summed E-state index contributed by atoms with van der Waals surface area (Å²) in [6.45, 7) is 3.59. The van der Waals surface area contributed by atoms with Crippen LogP contribution in [0.1, 0.15) is 78.1 Å². The van der Waals surface area contributed by atoms with Gasteiger partial charge in [-0.1, -0.05) is 38.0 Å². The molecule has 0 radical (unpaired) electrons. The van der Waals surface area contributed by atoms with Gasteiger partial charge in [0.05, 0.1) is 7.11 Å². The molecule has 0 amide bonds. The standard InChI is InChI=1S/C23H36O5/c1-4-5-8-11-20(28-18(2)24)16-14-19-15-17-22(25)21(19)12-9-6-7-10-13-23(26)27-3/h6,9,14,16,19-21H,4-5,7-8,10-13,15,17H2,1-3H3/t19-,20?,21+/m0/s1. The highest BCUT2D eigenvalue weighted by Crippen LogP contribution is 2.33. The van der Waals surface area contributed by atoms with Gasteiger partial charge in [-0.15, -0.1) is 0 Å². The van der Waals surface area contributed by atoms with Crippen molar-refractivity contribution in [2.75, 3.05) is 7.11 Å². The van der Waals surface area contributed by atoms with E-state index in [0.29, 0.717) is 18.6 Å². The second-order valence-corrected chi connectivity index (χ2v) is 7.48. The number of Topliss-reactive ketones (excluding diaryl/α,β-unsaturated/α-hetero) is 1. The van der Waals surface area contributed by atoms with Gasteiger partial charge in [0.2, 0.25) is 0 Å². The molecule has 0 N–H and O–H groups in total.